The number of amides is 1. The van der Waals surface area contributed by atoms with Crippen molar-refractivity contribution < 1.29 is 19.1 Å². The van der Waals surface area contributed by atoms with Crippen LogP contribution in [0.3, 0.4) is 0 Å². The number of hydrogen-bond acceptors (Lipinski definition) is 5. The van der Waals surface area contributed by atoms with E-state index < -0.39 is 17.7 Å². The van der Waals surface area contributed by atoms with Gasteiger partial charge in [0.05, 0.1) is 18.8 Å². The van der Waals surface area contributed by atoms with Crippen molar-refractivity contribution in [2.24, 2.45) is 0 Å². The number of aromatic nitrogens is 2. The summed E-state index contributed by atoms with van der Waals surface area (Å²) in [5.74, 6) is -0.448. The highest BCUT2D eigenvalue weighted by Crippen LogP contribution is 2.20. The molecule has 1 aliphatic rings. The maximum Gasteiger partial charge on any atom is 0.410 e. The highest BCUT2D eigenvalue weighted by atomic mass is 35.5. The average Bonchev–Trinajstić information content (AvgIpc) is 2.85. The van der Waals surface area contributed by atoms with Crippen LogP contribution in [0.5, 0.6) is 0 Å². The molecule has 8 nitrogen and oxygen atoms in total. The SMILES string of the molecule is C=C(CCl)Cn1c(C(=O)OCC)c2n(c1=O)CCN(C(=O)OC(C)(C)C)C2. The first-order chi connectivity index (χ1) is 12.6. The molecule has 27 heavy (non-hydrogen) atoms. The van der Waals surface area contributed by atoms with Crippen molar-refractivity contribution in [3.63, 3.8) is 0 Å². The second-order valence-corrected chi connectivity index (χ2v) is 7.59. The quantitative estimate of drug-likeness (QED) is 0.431. The Labute approximate surface area is 163 Å². The summed E-state index contributed by atoms with van der Waals surface area (Å²) >= 11 is 5.79. The fourth-order valence-electron chi connectivity index (χ4n) is 2.83. The van der Waals surface area contributed by atoms with E-state index in [1.165, 1.54) is 14.0 Å². The Hall–Kier alpha value is -2.22. The standard InChI is InChI=1S/C18H26ClN3O5/c1-6-26-15(23)14-13-11-20(17(25)27-18(3,4)5)7-8-21(13)16(24)22(14)10-12(2)9-19/h2,6-11H2,1,3-5H3. The third-order valence-corrected chi connectivity index (χ3v) is 4.33. The van der Waals surface area contributed by atoms with Gasteiger partial charge in [0.25, 0.3) is 0 Å². The van der Waals surface area contributed by atoms with E-state index in [9.17, 15) is 14.4 Å². The topological polar surface area (TPSA) is 82.8 Å². The van der Waals surface area contributed by atoms with Crippen LogP contribution in [0.15, 0.2) is 16.9 Å². The predicted molar refractivity (Wildman–Crippen MR) is 101 cm³/mol. The molecule has 0 aliphatic carbocycles. The van der Waals surface area contributed by atoms with Gasteiger partial charge in [0, 0.05) is 25.5 Å². The monoisotopic (exact) mass is 399 g/mol. The van der Waals surface area contributed by atoms with Crippen molar-refractivity contribution in [1.29, 1.82) is 0 Å². The van der Waals surface area contributed by atoms with Crippen LogP contribution in [0.1, 0.15) is 43.9 Å². The number of ether oxygens (including phenoxy) is 2. The van der Waals surface area contributed by atoms with Crippen molar-refractivity contribution >= 4 is 23.7 Å². The molecule has 0 atom stereocenters. The lowest BCUT2D eigenvalue weighted by Gasteiger charge is -2.30. The van der Waals surface area contributed by atoms with E-state index >= 15 is 0 Å². The summed E-state index contributed by atoms with van der Waals surface area (Å²) in [4.78, 5) is 39.2. The van der Waals surface area contributed by atoms with Crippen LogP contribution in [0.4, 0.5) is 4.79 Å². The Morgan fingerprint density at radius 1 is 1.26 bits per heavy atom. The largest absolute Gasteiger partial charge is 0.461 e. The van der Waals surface area contributed by atoms with E-state index in [-0.39, 0.29) is 43.5 Å². The van der Waals surface area contributed by atoms with Crippen LogP contribution in [-0.2, 0) is 29.1 Å². The Kier molecular flexibility index (Phi) is 6.41. The molecule has 2 heterocycles. The Morgan fingerprint density at radius 3 is 2.48 bits per heavy atom. The number of alkyl halides is 1. The van der Waals surface area contributed by atoms with E-state index in [1.807, 2.05) is 0 Å². The van der Waals surface area contributed by atoms with Crippen molar-refractivity contribution in [2.45, 2.75) is 52.9 Å². The number of esters is 1. The maximum absolute atomic E-state index is 12.8. The van der Waals surface area contributed by atoms with Crippen LogP contribution in [-0.4, -0.2) is 50.7 Å². The molecule has 0 bridgehead atoms. The van der Waals surface area contributed by atoms with Gasteiger partial charge in [-0.15, -0.1) is 11.6 Å². The molecule has 1 aliphatic heterocycles. The van der Waals surface area contributed by atoms with Gasteiger partial charge in [0.1, 0.15) is 5.60 Å². The maximum atomic E-state index is 12.8. The first-order valence-electron chi connectivity index (χ1n) is 8.78. The molecular formula is C18H26ClN3O5. The fraction of sp³-hybridized carbons (Fsp3) is 0.611. The highest BCUT2D eigenvalue weighted by Gasteiger charge is 2.33. The molecule has 2 rings (SSSR count). The van der Waals surface area contributed by atoms with Gasteiger partial charge in [-0.05, 0) is 33.3 Å². The molecule has 0 saturated heterocycles. The Morgan fingerprint density at radius 2 is 1.93 bits per heavy atom. The van der Waals surface area contributed by atoms with Gasteiger partial charge in [-0.1, -0.05) is 6.58 Å². The second kappa shape index (κ2) is 8.21. The van der Waals surface area contributed by atoms with Crippen molar-refractivity contribution in [3.05, 3.63) is 34.0 Å². The number of nitrogens with zero attached hydrogens (tertiary/aromatic N) is 3. The number of carbonyl (C=O) groups is 2. The van der Waals surface area contributed by atoms with Crippen LogP contribution < -0.4 is 5.69 Å². The number of allylic oxidation sites excluding steroid dienone is 1. The van der Waals surface area contributed by atoms with Gasteiger partial charge in [-0.25, -0.2) is 14.4 Å². The lowest BCUT2D eigenvalue weighted by Crippen LogP contribution is -2.43. The van der Waals surface area contributed by atoms with Crippen LogP contribution in [0.25, 0.3) is 0 Å². The van der Waals surface area contributed by atoms with Gasteiger partial charge < -0.3 is 14.4 Å². The third kappa shape index (κ3) is 4.74. The molecular weight excluding hydrogens is 374 g/mol. The summed E-state index contributed by atoms with van der Waals surface area (Å²) in [6.45, 7) is 11.8. The zero-order valence-corrected chi connectivity index (χ0v) is 17.0. The molecule has 0 fully saturated rings. The molecule has 150 valence electrons. The normalized spacial score (nSPS) is 13.9. The third-order valence-electron chi connectivity index (χ3n) is 3.96. The van der Waals surface area contributed by atoms with E-state index in [1.54, 1.807) is 27.7 Å². The summed E-state index contributed by atoms with van der Waals surface area (Å²) in [6, 6.07) is 0. The summed E-state index contributed by atoms with van der Waals surface area (Å²) < 4.78 is 13.3. The average molecular weight is 400 g/mol. The van der Waals surface area contributed by atoms with Crippen LogP contribution >= 0.6 is 11.6 Å². The van der Waals surface area contributed by atoms with Gasteiger partial charge >= 0.3 is 17.8 Å². The number of hydrogen-bond donors (Lipinski definition) is 0. The molecule has 0 saturated carbocycles. The van der Waals surface area contributed by atoms with E-state index in [0.717, 1.165) is 0 Å². The molecule has 1 amide bonds. The van der Waals surface area contributed by atoms with Gasteiger partial charge in [-0.3, -0.25) is 9.13 Å². The van der Waals surface area contributed by atoms with E-state index in [2.05, 4.69) is 6.58 Å². The lowest BCUT2D eigenvalue weighted by atomic mass is 10.2. The minimum Gasteiger partial charge on any atom is -0.461 e. The van der Waals surface area contributed by atoms with Crippen molar-refractivity contribution in [1.82, 2.24) is 14.0 Å². The number of carbonyl (C=O) groups excluding carboxylic acids is 2. The number of halogens is 1. The lowest BCUT2D eigenvalue weighted by molar-refractivity contribution is 0.0193. The molecule has 0 N–H and O–H groups in total. The minimum absolute atomic E-state index is 0.0820. The van der Waals surface area contributed by atoms with Gasteiger partial charge in [-0.2, -0.15) is 0 Å². The number of fused-ring (bicyclic) bond motifs is 1. The summed E-state index contributed by atoms with van der Waals surface area (Å²) in [7, 11) is 0. The zero-order valence-electron chi connectivity index (χ0n) is 16.2. The molecule has 0 spiro atoms. The van der Waals surface area contributed by atoms with Crippen LogP contribution in [0.2, 0.25) is 0 Å². The fourth-order valence-corrected chi connectivity index (χ4v) is 2.92. The van der Waals surface area contributed by atoms with Crippen molar-refractivity contribution in [3.8, 4) is 0 Å². The van der Waals surface area contributed by atoms with Gasteiger partial charge in [0.15, 0.2) is 5.69 Å². The molecule has 0 unspecified atom stereocenters. The van der Waals surface area contributed by atoms with E-state index in [4.69, 9.17) is 21.1 Å². The molecule has 1 aromatic heterocycles. The highest BCUT2D eigenvalue weighted by molar-refractivity contribution is 6.19. The first kappa shape index (κ1) is 21.1. The Bertz CT molecular complexity index is 803. The summed E-state index contributed by atoms with van der Waals surface area (Å²) in [5, 5.41) is 0. The summed E-state index contributed by atoms with van der Waals surface area (Å²) in [5.41, 5.74) is 0.168. The van der Waals surface area contributed by atoms with Crippen LogP contribution in [0, 0.1) is 0 Å². The molecule has 0 aromatic carbocycles. The number of imidazole rings is 1. The smallest absolute Gasteiger partial charge is 0.410 e. The predicted octanol–water partition coefficient (Wildman–Crippen LogP) is 2.37. The molecule has 0 radical (unpaired) electrons. The van der Waals surface area contributed by atoms with Crippen molar-refractivity contribution in [2.75, 3.05) is 19.0 Å². The Balaban J connectivity index is 2.44. The number of rotatable bonds is 5. The van der Waals surface area contributed by atoms with Gasteiger partial charge in [0.2, 0.25) is 0 Å². The summed E-state index contributed by atoms with van der Waals surface area (Å²) in [6.07, 6.45) is -0.492. The minimum atomic E-state index is -0.637. The molecule has 1 aromatic rings. The zero-order chi connectivity index (χ0) is 20.4. The molecule has 9 heteroatoms. The second-order valence-electron chi connectivity index (χ2n) is 7.32. The van der Waals surface area contributed by atoms with E-state index in [0.29, 0.717) is 17.8 Å². The first-order valence-corrected chi connectivity index (χ1v) is 9.32.